The van der Waals surface area contributed by atoms with Crippen LogP contribution in [-0.2, 0) is 4.84 Å². The zero-order chi connectivity index (χ0) is 23.5. The third-order valence-electron chi connectivity index (χ3n) is 6.39. The number of rotatable bonds is 8. The summed E-state index contributed by atoms with van der Waals surface area (Å²) in [6, 6.07) is 16.5. The third kappa shape index (κ3) is 5.59. The zero-order valence-corrected chi connectivity index (χ0v) is 20.5. The Morgan fingerprint density at radius 1 is 1.24 bits per heavy atom. The highest BCUT2D eigenvalue weighted by Crippen LogP contribution is 2.26. The number of piperazine rings is 1. The largest absolute Gasteiger partial charge is 0.491 e. The molecule has 0 amide bonds. The molecule has 2 aliphatic rings. The molecule has 8 heteroatoms. The van der Waals surface area contributed by atoms with Crippen LogP contribution in [0.3, 0.4) is 0 Å². The van der Waals surface area contributed by atoms with E-state index < -0.39 is 6.10 Å². The molecule has 0 bridgehead atoms. The lowest BCUT2D eigenvalue weighted by atomic mass is 10.1. The number of aryl methyl sites for hydroxylation is 1. The smallest absolute Gasteiger partial charge is 0.131 e. The van der Waals surface area contributed by atoms with Gasteiger partial charge in [-0.1, -0.05) is 30.3 Å². The summed E-state index contributed by atoms with van der Waals surface area (Å²) in [6.07, 6.45) is 1.59. The van der Waals surface area contributed by atoms with Gasteiger partial charge in [0.25, 0.3) is 0 Å². The minimum absolute atomic E-state index is 0.0367. The Hall–Kier alpha value is -2.49. The quantitative estimate of drug-likeness (QED) is 0.511. The molecular weight excluding hydrogens is 448 g/mol. The van der Waals surface area contributed by atoms with Crippen LogP contribution in [0.4, 0.5) is 0 Å². The molecule has 2 aliphatic heterocycles. The normalized spacial score (nSPS) is 22.5. The molecule has 0 aliphatic carbocycles. The van der Waals surface area contributed by atoms with Crippen molar-refractivity contribution in [2.75, 3.05) is 39.3 Å². The fraction of sp³-hybridized carbons (Fsp3) is 0.423. The minimum Gasteiger partial charge on any atom is -0.491 e. The van der Waals surface area contributed by atoms with Gasteiger partial charge in [-0.2, -0.15) is 0 Å². The van der Waals surface area contributed by atoms with Crippen LogP contribution in [0.2, 0.25) is 0 Å². The van der Waals surface area contributed by atoms with Crippen LogP contribution in [0.1, 0.15) is 23.6 Å². The first-order chi connectivity index (χ1) is 16.5. The summed E-state index contributed by atoms with van der Waals surface area (Å²) in [5.41, 5.74) is 6.31. The van der Waals surface area contributed by atoms with Gasteiger partial charge in [-0.15, -0.1) is 11.3 Å². The van der Waals surface area contributed by atoms with Gasteiger partial charge in [-0.25, -0.2) is 4.98 Å². The molecule has 180 valence electrons. The highest BCUT2D eigenvalue weighted by molar-refractivity contribution is 7.18. The van der Waals surface area contributed by atoms with Gasteiger partial charge in [0.05, 0.1) is 20.9 Å². The van der Waals surface area contributed by atoms with Crippen molar-refractivity contribution in [2.45, 2.75) is 32.1 Å². The van der Waals surface area contributed by atoms with Crippen LogP contribution < -0.4 is 10.2 Å². The van der Waals surface area contributed by atoms with Gasteiger partial charge in [-0.3, -0.25) is 20.1 Å². The summed E-state index contributed by atoms with van der Waals surface area (Å²) in [5, 5.41) is 11.6. The molecule has 1 saturated heterocycles. The zero-order valence-electron chi connectivity index (χ0n) is 19.7. The second-order valence-corrected chi connectivity index (χ2v) is 10.4. The van der Waals surface area contributed by atoms with Gasteiger partial charge in [0.15, 0.2) is 0 Å². The van der Waals surface area contributed by atoms with Crippen molar-refractivity contribution in [1.29, 1.82) is 0 Å². The first-order valence-corrected chi connectivity index (χ1v) is 12.7. The molecular formula is C26H32N4O3S. The molecule has 7 nitrogen and oxygen atoms in total. The van der Waals surface area contributed by atoms with E-state index in [1.807, 2.05) is 43.3 Å². The second-order valence-electron chi connectivity index (χ2n) is 9.15. The Labute approximate surface area is 204 Å². The Bertz CT molecular complexity index is 1140. The predicted octanol–water partition coefficient (Wildman–Crippen LogP) is 3.51. The number of fused-ring (bicyclic) bond motifs is 1. The molecule has 34 heavy (non-hydrogen) atoms. The SMILES string of the molecule is Cc1nc2cc(OC[C@H](O)CN3CCN(CC4=CC(c5ccccc5)ON4)C[C@@H]3C)ccc2s1. The number of aliphatic hydroxyl groups excluding tert-OH is 1. The maximum Gasteiger partial charge on any atom is 0.131 e. The lowest BCUT2D eigenvalue weighted by Crippen LogP contribution is -2.54. The Morgan fingerprint density at radius 3 is 2.91 bits per heavy atom. The molecule has 2 N–H and O–H groups in total. The summed E-state index contributed by atoms with van der Waals surface area (Å²) >= 11 is 1.68. The highest BCUT2D eigenvalue weighted by Gasteiger charge is 2.27. The van der Waals surface area contributed by atoms with E-state index in [2.05, 4.69) is 45.4 Å². The van der Waals surface area contributed by atoms with Crippen molar-refractivity contribution in [3.63, 3.8) is 0 Å². The average molecular weight is 481 g/mol. The Kier molecular flexibility index (Phi) is 7.12. The molecule has 1 aromatic heterocycles. The van der Waals surface area contributed by atoms with Crippen LogP contribution in [0.5, 0.6) is 5.75 Å². The van der Waals surface area contributed by atoms with Crippen molar-refractivity contribution in [1.82, 2.24) is 20.3 Å². The van der Waals surface area contributed by atoms with Gasteiger partial charge in [0.1, 0.15) is 24.6 Å². The highest BCUT2D eigenvalue weighted by atomic mass is 32.1. The van der Waals surface area contributed by atoms with Crippen LogP contribution >= 0.6 is 11.3 Å². The summed E-state index contributed by atoms with van der Waals surface area (Å²) in [7, 11) is 0. The van der Waals surface area contributed by atoms with Crippen molar-refractivity contribution >= 4 is 21.6 Å². The molecule has 5 rings (SSSR count). The molecule has 1 fully saturated rings. The fourth-order valence-corrected chi connectivity index (χ4v) is 5.44. The molecule has 3 aromatic rings. The Balaban J connectivity index is 1.07. The maximum atomic E-state index is 10.6. The number of aromatic nitrogens is 1. The topological polar surface area (TPSA) is 70.1 Å². The molecule has 0 saturated carbocycles. The number of hydrogen-bond donors (Lipinski definition) is 2. The van der Waals surface area contributed by atoms with E-state index in [9.17, 15) is 5.11 Å². The lowest BCUT2D eigenvalue weighted by molar-refractivity contribution is 0.0177. The monoisotopic (exact) mass is 480 g/mol. The van der Waals surface area contributed by atoms with Crippen molar-refractivity contribution in [3.8, 4) is 5.75 Å². The summed E-state index contributed by atoms with van der Waals surface area (Å²) < 4.78 is 7.02. The molecule has 2 aromatic carbocycles. The van der Waals surface area contributed by atoms with Gasteiger partial charge in [0, 0.05) is 44.8 Å². The van der Waals surface area contributed by atoms with E-state index in [1.54, 1.807) is 11.3 Å². The van der Waals surface area contributed by atoms with E-state index >= 15 is 0 Å². The lowest BCUT2D eigenvalue weighted by Gasteiger charge is -2.40. The fourth-order valence-electron chi connectivity index (χ4n) is 4.64. The van der Waals surface area contributed by atoms with E-state index in [4.69, 9.17) is 9.57 Å². The molecule has 1 unspecified atom stereocenters. The van der Waals surface area contributed by atoms with Gasteiger partial charge >= 0.3 is 0 Å². The third-order valence-corrected chi connectivity index (χ3v) is 7.35. The number of hydroxylamine groups is 1. The number of nitrogens with zero attached hydrogens (tertiary/aromatic N) is 3. The van der Waals surface area contributed by atoms with Crippen LogP contribution in [0.15, 0.2) is 60.3 Å². The minimum atomic E-state index is -0.541. The number of hydrogen-bond acceptors (Lipinski definition) is 8. The number of aliphatic hydroxyl groups is 1. The molecule has 0 spiro atoms. The van der Waals surface area contributed by atoms with Gasteiger partial charge in [0.2, 0.25) is 0 Å². The van der Waals surface area contributed by atoms with Crippen molar-refractivity contribution in [2.24, 2.45) is 0 Å². The van der Waals surface area contributed by atoms with E-state index in [0.717, 1.165) is 58.4 Å². The van der Waals surface area contributed by atoms with Gasteiger partial charge in [-0.05, 0) is 37.6 Å². The second kappa shape index (κ2) is 10.4. The van der Waals surface area contributed by atoms with Crippen LogP contribution in [0, 0.1) is 6.92 Å². The standard InChI is InChI=1S/C26H32N4O3S/c1-18-14-29(15-21-12-25(33-28-21)20-6-4-3-5-7-20)10-11-30(18)16-22(31)17-32-23-8-9-26-24(13-23)27-19(2)34-26/h3-9,12-13,18,22,25,28,31H,10-11,14-17H2,1-2H3/t18-,22+,25?/m0/s1. The molecule has 3 atom stereocenters. The summed E-state index contributed by atoms with van der Waals surface area (Å²) in [5.74, 6) is 0.753. The first-order valence-electron chi connectivity index (χ1n) is 11.9. The molecule has 3 heterocycles. The maximum absolute atomic E-state index is 10.6. The number of β-amino-alcohol motifs (C(OH)–C–C–N with tert-alkyl or cyclic N) is 1. The number of benzene rings is 2. The van der Waals surface area contributed by atoms with E-state index in [1.165, 1.54) is 0 Å². The first kappa shape index (κ1) is 23.3. The van der Waals surface area contributed by atoms with Crippen LogP contribution in [0.25, 0.3) is 10.2 Å². The average Bonchev–Trinajstić information content (AvgIpc) is 3.45. The number of thiazole rings is 1. The van der Waals surface area contributed by atoms with Crippen molar-refractivity contribution < 1.29 is 14.7 Å². The van der Waals surface area contributed by atoms with E-state index in [0.29, 0.717) is 12.6 Å². The molecule has 0 radical (unpaired) electrons. The predicted molar refractivity (Wildman–Crippen MR) is 135 cm³/mol. The van der Waals surface area contributed by atoms with E-state index in [-0.39, 0.29) is 12.7 Å². The summed E-state index contributed by atoms with van der Waals surface area (Å²) in [4.78, 5) is 15.0. The van der Waals surface area contributed by atoms with Crippen LogP contribution in [-0.4, -0.2) is 71.4 Å². The Morgan fingerprint density at radius 2 is 2.09 bits per heavy atom. The summed E-state index contributed by atoms with van der Waals surface area (Å²) in [6.45, 7) is 8.76. The van der Waals surface area contributed by atoms with Crippen molar-refractivity contribution in [3.05, 3.63) is 70.9 Å². The number of ether oxygens (including phenoxy) is 1. The van der Waals surface area contributed by atoms with Gasteiger partial charge < -0.3 is 9.84 Å². The number of nitrogens with one attached hydrogen (secondary N) is 1.